The Morgan fingerprint density at radius 2 is 1.69 bits per heavy atom. The fourth-order valence-corrected chi connectivity index (χ4v) is 8.10. The zero-order valence-electron chi connectivity index (χ0n) is 32.1. The summed E-state index contributed by atoms with van der Waals surface area (Å²) in [5.41, 5.74) is -1.72. The van der Waals surface area contributed by atoms with Gasteiger partial charge in [-0.1, -0.05) is 80.9 Å². The van der Waals surface area contributed by atoms with Crippen LogP contribution in [0.3, 0.4) is 0 Å². The third kappa shape index (κ3) is 9.57. The maximum atomic E-state index is 14.4. The number of carbonyl (C=O) groups excluding carboxylic acids is 5. The number of benzene rings is 1. The highest BCUT2D eigenvalue weighted by Gasteiger charge is 2.70. The van der Waals surface area contributed by atoms with Crippen molar-refractivity contribution in [3.8, 4) is 0 Å². The summed E-state index contributed by atoms with van der Waals surface area (Å²) < 4.78 is 41.4. The molecule has 2 fully saturated rings. The van der Waals surface area contributed by atoms with E-state index >= 15 is 0 Å². The predicted octanol–water partition coefficient (Wildman–Crippen LogP) is 3.21. The van der Waals surface area contributed by atoms with Crippen molar-refractivity contribution in [3.63, 3.8) is 0 Å². The summed E-state index contributed by atoms with van der Waals surface area (Å²) in [6.07, 6.45) is 2.19. The van der Waals surface area contributed by atoms with Crippen molar-refractivity contribution in [1.29, 1.82) is 0 Å². The second kappa shape index (κ2) is 16.0. The molecule has 0 aromatic heterocycles. The van der Waals surface area contributed by atoms with Crippen LogP contribution in [-0.4, -0.2) is 98.0 Å². The number of nitrogens with one attached hydrogen (secondary N) is 4. The molecule has 0 spiro atoms. The molecule has 6 atom stereocenters. The molecule has 1 unspecified atom stereocenters. The van der Waals surface area contributed by atoms with Gasteiger partial charge in [-0.3, -0.25) is 19.2 Å². The molecule has 1 saturated heterocycles. The third-order valence-electron chi connectivity index (χ3n) is 10.3. The molecule has 0 bridgehead atoms. The van der Waals surface area contributed by atoms with E-state index in [9.17, 15) is 36.8 Å². The summed E-state index contributed by atoms with van der Waals surface area (Å²) in [6, 6.07) is 0.0935. The molecule has 1 aliphatic heterocycles. The van der Waals surface area contributed by atoms with Gasteiger partial charge >= 0.3 is 6.03 Å². The number of Topliss-reactive ketones (excluding diaryl/α,β-unsaturated/α-hetero) is 1. The van der Waals surface area contributed by atoms with E-state index < -0.39 is 80.4 Å². The number of ketones is 1. The van der Waals surface area contributed by atoms with Gasteiger partial charge in [-0.05, 0) is 52.7 Å². The van der Waals surface area contributed by atoms with Gasteiger partial charge in [0.1, 0.15) is 17.9 Å². The van der Waals surface area contributed by atoms with Crippen molar-refractivity contribution < 1.29 is 36.8 Å². The van der Waals surface area contributed by atoms with Crippen molar-refractivity contribution in [2.45, 2.75) is 104 Å². The van der Waals surface area contributed by atoms with Crippen LogP contribution in [0.5, 0.6) is 0 Å². The first-order valence-electron chi connectivity index (χ1n) is 17.7. The lowest BCUT2D eigenvalue weighted by Crippen LogP contribution is -2.62. The number of hydrogen-bond acceptors (Lipinski definition) is 7. The number of carbonyl (C=O) groups is 5. The fraction of sp³-hybridized carbons (Fsp3) is 0.649. The average molecular weight is 749 g/mol. The maximum Gasteiger partial charge on any atom is 0.315 e. The van der Waals surface area contributed by atoms with Gasteiger partial charge in [0.25, 0.3) is 5.91 Å². The summed E-state index contributed by atoms with van der Waals surface area (Å²) in [4.78, 5) is 68.8. The molecule has 1 aromatic rings. The van der Waals surface area contributed by atoms with Crippen molar-refractivity contribution in [1.82, 2.24) is 30.5 Å². The van der Waals surface area contributed by atoms with Gasteiger partial charge in [0.2, 0.25) is 27.6 Å². The number of likely N-dealkylation sites (tertiary alicyclic amines) is 1. The molecule has 52 heavy (non-hydrogen) atoms. The van der Waals surface area contributed by atoms with Crippen molar-refractivity contribution >= 4 is 39.6 Å². The molecular formula is C37H57FN6O7S. The number of nitrogens with zero attached hydrogens (tertiary/aromatic N) is 2. The topological polar surface area (TPSA) is 174 Å². The molecule has 290 valence electrons. The third-order valence-corrected chi connectivity index (χ3v) is 12.1. The second-order valence-electron chi connectivity index (χ2n) is 16.7. The van der Waals surface area contributed by atoms with Gasteiger partial charge < -0.3 is 26.2 Å². The fourth-order valence-electron chi connectivity index (χ4n) is 6.88. The molecule has 1 saturated carbocycles. The van der Waals surface area contributed by atoms with Crippen LogP contribution in [0.15, 0.2) is 41.8 Å². The number of urea groups is 1. The van der Waals surface area contributed by atoms with Gasteiger partial charge in [0, 0.05) is 32.7 Å². The van der Waals surface area contributed by atoms with Crippen LogP contribution in [-0.2, 0) is 29.2 Å². The standard InChI is InChI=1S/C37H57FN6O7S/c1-12-15-25(29(45)32(47)39-18-13-2)40-31(46)28-27-24(37(27,9)10)20-44(28)33(48)30(36(6,7)8)42-34(49)41-26(35(3,4)5)21-43(11)52(50,51)23-17-14-16-22(38)19-23/h13-14,16-17,19,24-28,30H,2,12,15,18,20-21H2,1,3-11H3,(H,39,47)(H,40,46)(H2,41,42,49)/t24-,25?,26+,27-,28-,30+/m0/s1. The number of sulfonamides is 1. The number of amides is 5. The zero-order chi connectivity index (χ0) is 39.6. The molecule has 1 aliphatic carbocycles. The molecule has 3 rings (SSSR count). The molecule has 1 heterocycles. The molecule has 15 heteroatoms. The molecule has 1 aromatic carbocycles. The minimum absolute atomic E-state index is 0.0127. The maximum absolute atomic E-state index is 14.4. The van der Waals surface area contributed by atoms with E-state index in [4.69, 9.17) is 0 Å². The lowest BCUT2D eigenvalue weighted by molar-refractivity contribution is -0.145. The largest absolute Gasteiger partial charge is 0.346 e. The Hall–Kier alpha value is -3.85. The number of fused-ring (bicyclic) bond motifs is 1. The first-order valence-corrected chi connectivity index (χ1v) is 19.2. The van der Waals surface area contributed by atoms with Crippen LogP contribution in [0.2, 0.25) is 0 Å². The number of hydrogen-bond donors (Lipinski definition) is 4. The van der Waals surface area contributed by atoms with Gasteiger partial charge in [0.15, 0.2) is 0 Å². The molecule has 0 radical (unpaired) electrons. The van der Waals surface area contributed by atoms with E-state index in [0.29, 0.717) is 6.42 Å². The first-order chi connectivity index (χ1) is 23.9. The summed E-state index contributed by atoms with van der Waals surface area (Å²) in [7, 11) is -2.75. The normalized spacial score (nSPS) is 21.3. The Labute approximate surface area is 307 Å². The molecular weight excluding hydrogens is 692 g/mol. The molecule has 4 N–H and O–H groups in total. The van der Waals surface area contributed by atoms with Crippen LogP contribution in [0.4, 0.5) is 9.18 Å². The predicted molar refractivity (Wildman–Crippen MR) is 196 cm³/mol. The lowest BCUT2D eigenvalue weighted by Gasteiger charge is -2.39. The number of piperidine rings is 1. The summed E-state index contributed by atoms with van der Waals surface area (Å²) in [6.45, 7) is 20.4. The second-order valence-corrected chi connectivity index (χ2v) is 18.7. The van der Waals surface area contributed by atoms with E-state index in [1.54, 1.807) is 20.8 Å². The van der Waals surface area contributed by atoms with E-state index in [-0.39, 0.29) is 48.2 Å². The highest BCUT2D eigenvalue weighted by Crippen LogP contribution is 2.65. The van der Waals surface area contributed by atoms with E-state index in [2.05, 4.69) is 27.8 Å². The smallest absolute Gasteiger partial charge is 0.315 e. The van der Waals surface area contributed by atoms with Crippen LogP contribution in [0.25, 0.3) is 0 Å². The Bertz CT molecular complexity index is 1650. The Morgan fingerprint density at radius 3 is 2.23 bits per heavy atom. The van der Waals surface area contributed by atoms with Gasteiger partial charge in [0.05, 0.1) is 10.9 Å². The van der Waals surface area contributed by atoms with E-state index in [0.717, 1.165) is 16.4 Å². The van der Waals surface area contributed by atoms with Crippen molar-refractivity contribution in [2.75, 3.05) is 26.7 Å². The quantitative estimate of drug-likeness (QED) is 0.158. The Morgan fingerprint density at radius 1 is 1.06 bits per heavy atom. The van der Waals surface area contributed by atoms with Crippen molar-refractivity contribution in [2.24, 2.45) is 28.1 Å². The minimum atomic E-state index is -4.10. The number of rotatable bonds is 15. The van der Waals surface area contributed by atoms with Crippen LogP contribution in [0, 0.1) is 33.9 Å². The Kier molecular flexibility index (Phi) is 13.1. The number of likely N-dealkylation sites (N-methyl/N-ethyl adjacent to an activating group) is 1. The molecule has 5 amide bonds. The summed E-state index contributed by atoms with van der Waals surface area (Å²) >= 11 is 0. The van der Waals surface area contributed by atoms with Gasteiger partial charge in [-0.15, -0.1) is 6.58 Å². The highest BCUT2D eigenvalue weighted by atomic mass is 32.2. The van der Waals surface area contributed by atoms with E-state index in [1.807, 2.05) is 41.5 Å². The first kappa shape index (κ1) is 42.6. The lowest BCUT2D eigenvalue weighted by atomic mass is 9.85. The van der Waals surface area contributed by atoms with Crippen molar-refractivity contribution in [3.05, 3.63) is 42.7 Å². The zero-order valence-corrected chi connectivity index (χ0v) is 32.9. The highest BCUT2D eigenvalue weighted by molar-refractivity contribution is 7.89. The summed E-state index contributed by atoms with van der Waals surface area (Å²) in [5, 5.41) is 10.9. The Balaban J connectivity index is 1.83. The average Bonchev–Trinajstić information content (AvgIpc) is 3.34. The monoisotopic (exact) mass is 748 g/mol. The van der Waals surface area contributed by atoms with Crippen LogP contribution >= 0.6 is 0 Å². The van der Waals surface area contributed by atoms with Gasteiger partial charge in [-0.2, -0.15) is 4.31 Å². The minimum Gasteiger partial charge on any atom is -0.346 e. The molecule has 13 nitrogen and oxygen atoms in total. The van der Waals surface area contributed by atoms with Crippen LogP contribution < -0.4 is 21.3 Å². The summed E-state index contributed by atoms with van der Waals surface area (Å²) in [5.74, 6) is -3.52. The van der Waals surface area contributed by atoms with E-state index in [1.165, 1.54) is 30.2 Å². The van der Waals surface area contributed by atoms with Crippen LogP contribution in [0.1, 0.15) is 75.2 Å². The molecule has 2 aliphatic rings. The van der Waals surface area contributed by atoms with Gasteiger partial charge in [-0.25, -0.2) is 17.6 Å². The SMILES string of the molecule is C=CCNC(=O)C(=O)C(CCC)NC(=O)[C@@H]1[C@@H]2[C@H](CN1C(=O)[C@@H](NC(=O)N[C@H](CN(C)S(=O)(=O)c1cccc(F)c1)C(C)(C)C)C(C)(C)C)C2(C)C. The number of halogens is 1.